The Balaban J connectivity index is 1.47. The number of anilines is 1. The number of hydrogen-bond acceptors (Lipinski definition) is 5. The first-order valence-corrected chi connectivity index (χ1v) is 9.80. The van der Waals surface area contributed by atoms with Gasteiger partial charge in [0, 0.05) is 57.1 Å². The highest BCUT2D eigenvalue weighted by molar-refractivity contribution is 5.92. The second-order valence-electron chi connectivity index (χ2n) is 8.49. The lowest BCUT2D eigenvalue weighted by atomic mass is 9.93. The predicted molar refractivity (Wildman–Crippen MR) is 111 cm³/mol. The Morgan fingerprint density at radius 2 is 1.72 bits per heavy atom. The lowest BCUT2D eigenvalue weighted by Crippen LogP contribution is -2.49. The van der Waals surface area contributed by atoms with Gasteiger partial charge in [0.25, 0.3) is 11.5 Å². The van der Waals surface area contributed by atoms with Crippen LogP contribution in [0.25, 0.3) is 5.65 Å². The Bertz CT molecular complexity index is 1120. The molecule has 0 N–H and O–H groups in total. The van der Waals surface area contributed by atoms with Crippen LogP contribution in [-0.2, 0) is 12.5 Å². The number of carbonyl (C=O) groups excluding carboxylic acids is 1. The lowest BCUT2D eigenvalue weighted by Gasteiger charge is -2.35. The van der Waals surface area contributed by atoms with Crippen molar-refractivity contribution >= 4 is 17.2 Å². The van der Waals surface area contributed by atoms with Crippen LogP contribution in [0.5, 0.6) is 0 Å². The number of hydrogen-bond donors (Lipinski definition) is 0. The molecule has 1 saturated heterocycles. The number of nitrogens with zero attached hydrogens (tertiary/aromatic N) is 6. The summed E-state index contributed by atoms with van der Waals surface area (Å²) < 4.78 is 3.26. The molecule has 0 saturated carbocycles. The Hall–Kier alpha value is -3.16. The van der Waals surface area contributed by atoms with Crippen molar-refractivity contribution < 1.29 is 4.79 Å². The van der Waals surface area contributed by atoms with E-state index >= 15 is 0 Å². The summed E-state index contributed by atoms with van der Waals surface area (Å²) >= 11 is 0. The molecule has 29 heavy (non-hydrogen) atoms. The molecule has 0 aliphatic carbocycles. The minimum atomic E-state index is -0.226. The van der Waals surface area contributed by atoms with Gasteiger partial charge < -0.3 is 14.2 Å². The molecule has 0 aromatic carbocycles. The van der Waals surface area contributed by atoms with Crippen LogP contribution in [-0.4, -0.2) is 56.2 Å². The van der Waals surface area contributed by atoms with Gasteiger partial charge in [-0.05, 0) is 18.2 Å². The number of aromatic nitrogens is 4. The maximum absolute atomic E-state index is 12.7. The minimum absolute atomic E-state index is 0.00708. The molecule has 4 heterocycles. The van der Waals surface area contributed by atoms with Crippen LogP contribution in [0, 0.1) is 0 Å². The molecule has 3 aromatic heterocycles. The highest BCUT2D eigenvalue weighted by Gasteiger charge is 2.24. The van der Waals surface area contributed by atoms with Crippen LogP contribution < -0.4 is 10.5 Å². The number of carbonyl (C=O) groups is 1. The third kappa shape index (κ3) is 3.74. The van der Waals surface area contributed by atoms with Gasteiger partial charge in [-0.2, -0.15) is 5.10 Å². The molecule has 0 bridgehead atoms. The van der Waals surface area contributed by atoms with Crippen molar-refractivity contribution in [2.75, 3.05) is 31.1 Å². The quantitative estimate of drug-likeness (QED) is 0.661. The first kappa shape index (κ1) is 19.2. The molecule has 0 unspecified atom stereocenters. The van der Waals surface area contributed by atoms with E-state index in [0.29, 0.717) is 18.8 Å². The molecule has 0 radical (unpaired) electrons. The molecule has 1 fully saturated rings. The summed E-state index contributed by atoms with van der Waals surface area (Å²) in [7, 11) is 1.55. The van der Waals surface area contributed by atoms with Crippen molar-refractivity contribution in [3.05, 3.63) is 58.4 Å². The number of rotatable bonds is 2. The molecule has 3 aromatic rings. The van der Waals surface area contributed by atoms with Gasteiger partial charge in [0.05, 0.1) is 11.4 Å². The average molecular weight is 394 g/mol. The SMILES string of the molecule is Cn1nc(C(=O)N2CCN(c3ccc4nc(C(C)(C)C)cn4c3)CC2)ccc1=O. The summed E-state index contributed by atoms with van der Waals surface area (Å²) in [5.41, 5.74) is 3.20. The van der Waals surface area contributed by atoms with E-state index in [2.05, 4.69) is 53.6 Å². The third-order valence-corrected chi connectivity index (χ3v) is 5.32. The molecule has 152 valence electrons. The van der Waals surface area contributed by atoms with Crippen LogP contribution >= 0.6 is 0 Å². The summed E-state index contributed by atoms with van der Waals surface area (Å²) in [6, 6.07) is 7.00. The van der Waals surface area contributed by atoms with Gasteiger partial charge in [0.15, 0.2) is 0 Å². The van der Waals surface area contributed by atoms with Gasteiger partial charge in [-0.1, -0.05) is 20.8 Å². The first-order chi connectivity index (χ1) is 13.7. The highest BCUT2D eigenvalue weighted by atomic mass is 16.2. The van der Waals surface area contributed by atoms with Crippen molar-refractivity contribution in [3.8, 4) is 0 Å². The third-order valence-electron chi connectivity index (χ3n) is 5.32. The molecule has 4 rings (SSSR count). The first-order valence-electron chi connectivity index (χ1n) is 9.80. The zero-order valence-electron chi connectivity index (χ0n) is 17.3. The lowest BCUT2D eigenvalue weighted by molar-refractivity contribution is 0.0738. The van der Waals surface area contributed by atoms with Gasteiger partial charge in [-0.3, -0.25) is 9.59 Å². The summed E-state index contributed by atoms with van der Waals surface area (Å²) in [4.78, 5) is 33.0. The van der Waals surface area contributed by atoms with E-state index in [0.717, 1.165) is 30.1 Å². The summed E-state index contributed by atoms with van der Waals surface area (Å²) in [5, 5.41) is 4.07. The average Bonchev–Trinajstić information content (AvgIpc) is 3.13. The van der Waals surface area contributed by atoms with Crippen molar-refractivity contribution in [3.63, 3.8) is 0 Å². The van der Waals surface area contributed by atoms with E-state index in [1.807, 2.05) is 6.07 Å². The molecule has 8 heteroatoms. The summed E-state index contributed by atoms with van der Waals surface area (Å²) in [5.74, 6) is -0.139. The predicted octanol–water partition coefficient (Wildman–Crippen LogP) is 1.69. The van der Waals surface area contributed by atoms with E-state index in [9.17, 15) is 9.59 Å². The smallest absolute Gasteiger partial charge is 0.274 e. The zero-order valence-corrected chi connectivity index (χ0v) is 17.3. The Morgan fingerprint density at radius 3 is 2.38 bits per heavy atom. The normalized spacial score (nSPS) is 15.2. The zero-order chi connectivity index (χ0) is 20.8. The van der Waals surface area contributed by atoms with Crippen LogP contribution in [0.15, 0.2) is 41.5 Å². The molecule has 1 aliphatic rings. The number of piperazine rings is 1. The fourth-order valence-electron chi connectivity index (χ4n) is 3.47. The van der Waals surface area contributed by atoms with E-state index < -0.39 is 0 Å². The number of amides is 1. The Kier molecular flexibility index (Phi) is 4.64. The van der Waals surface area contributed by atoms with Crippen molar-refractivity contribution in [1.29, 1.82) is 0 Å². The second kappa shape index (κ2) is 7.02. The Morgan fingerprint density at radius 1 is 1.00 bits per heavy atom. The van der Waals surface area contributed by atoms with Crippen LogP contribution in [0.4, 0.5) is 5.69 Å². The van der Waals surface area contributed by atoms with Crippen LogP contribution in [0.1, 0.15) is 37.0 Å². The van der Waals surface area contributed by atoms with Gasteiger partial charge in [0.1, 0.15) is 11.3 Å². The molecular formula is C21H26N6O2. The number of imidazole rings is 1. The molecular weight excluding hydrogens is 368 g/mol. The largest absolute Gasteiger partial charge is 0.367 e. The van der Waals surface area contributed by atoms with Crippen molar-refractivity contribution in [2.45, 2.75) is 26.2 Å². The van der Waals surface area contributed by atoms with Crippen molar-refractivity contribution in [1.82, 2.24) is 24.1 Å². The Labute approximate surface area is 169 Å². The van der Waals surface area contributed by atoms with Gasteiger partial charge in [-0.25, -0.2) is 9.67 Å². The molecule has 1 aliphatic heterocycles. The molecule has 0 spiro atoms. The molecule has 1 amide bonds. The fraction of sp³-hybridized carbons (Fsp3) is 0.429. The number of aryl methyl sites for hydroxylation is 1. The van der Waals surface area contributed by atoms with E-state index in [1.165, 1.54) is 16.8 Å². The van der Waals surface area contributed by atoms with Gasteiger partial charge in [-0.15, -0.1) is 0 Å². The van der Waals surface area contributed by atoms with E-state index in [-0.39, 0.29) is 16.9 Å². The maximum Gasteiger partial charge on any atom is 0.274 e. The minimum Gasteiger partial charge on any atom is -0.367 e. The molecule has 8 nitrogen and oxygen atoms in total. The standard InChI is InChI=1S/C21H26N6O2/c1-21(2,3)17-14-27-13-15(5-7-18(27)22-17)25-9-11-26(12-10-25)20(29)16-6-8-19(28)24(4)23-16/h5-8,13-14H,9-12H2,1-4H3. The number of pyridine rings is 1. The molecule has 0 atom stereocenters. The monoisotopic (exact) mass is 394 g/mol. The van der Waals surface area contributed by atoms with Crippen LogP contribution in [0.2, 0.25) is 0 Å². The van der Waals surface area contributed by atoms with E-state index in [4.69, 9.17) is 4.98 Å². The number of fused-ring (bicyclic) bond motifs is 1. The van der Waals surface area contributed by atoms with E-state index in [1.54, 1.807) is 11.9 Å². The summed E-state index contributed by atoms with van der Waals surface area (Å²) in [6.45, 7) is 9.17. The van der Waals surface area contributed by atoms with Crippen molar-refractivity contribution in [2.24, 2.45) is 7.05 Å². The topological polar surface area (TPSA) is 75.7 Å². The maximum atomic E-state index is 12.7. The van der Waals surface area contributed by atoms with Crippen LogP contribution in [0.3, 0.4) is 0 Å². The fourth-order valence-corrected chi connectivity index (χ4v) is 3.47. The summed E-state index contributed by atoms with van der Waals surface area (Å²) in [6.07, 6.45) is 4.19. The van der Waals surface area contributed by atoms with Gasteiger partial charge >= 0.3 is 0 Å². The van der Waals surface area contributed by atoms with Gasteiger partial charge in [0.2, 0.25) is 0 Å². The highest BCUT2D eigenvalue weighted by Crippen LogP contribution is 2.24. The second-order valence-corrected chi connectivity index (χ2v) is 8.49.